The highest BCUT2D eigenvalue weighted by molar-refractivity contribution is 7.80. The fraction of sp³-hybridized carbons (Fsp3) is 0.0588. The molecule has 1 aromatic heterocycles. The third kappa shape index (κ3) is 3.68. The largest absolute Gasteiger partial charge is 0.755 e. The van der Waals surface area contributed by atoms with Crippen LogP contribution in [-0.4, -0.2) is 20.9 Å². The molecular weight excluding hydrogens is 342 g/mol. The number of pyridine rings is 1. The number of hydrogen-bond donors (Lipinski definition) is 1. The van der Waals surface area contributed by atoms with Crippen LogP contribution in [0.15, 0.2) is 48.7 Å². The molecule has 0 saturated heterocycles. The molecule has 0 spiro atoms. The molecule has 2 aromatic carbocycles. The van der Waals surface area contributed by atoms with E-state index in [0.717, 1.165) is 5.39 Å². The second-order valence-electron chi connectivity index (χ2n) is 4.95. The summed E-state index contributed by atoms with van der Waals surface area (Å²) in [5, 5.41) is 9.96. The molecule has 1 heterocycles. The van der Waals surface area contributed by atoms with Gasteiger partial charge < -0.3 is 18.7 Å². The van der Waals surface area contributed by atoms with Crippen molar-refractivity contribution >= 4 is 27.9 Å². The zero-order chi connectivity index (χ0) is 17.8. The topological polar surface area (TPSA) is 107 Å². The van der Waals surface area contributed by atoms with Crippen molar-refractivity contribution in [1.29, 1.82) is 5.26 Å². The first-order chi connectivity index (χ1) is 12.1. The van der Waals surface area contributed by atoms with Crippen molar-refractivity contribution in [2.24, 2.45) is 0 Å². The fourth-order valence-corrected chi connectivity index (χ4v) is 2.66. The molecule has 3 rings (SSSR count). The molecule has 0 radical (unpaired) electrons. The Kier molecular flexibility index (Phi) is 4.79. The van der Waals surface area contributed by atoms with Gasteiger partial charge in [-0.2, -0.15) is 5.26 Å². The number of nitrogens with zero attached hydrogens (tertiary/aromatic N) is 2. The molecule has 0 aliphatic heterocycles. The number of anilines is 1. The van der Waals surface area contributed by atoms with Gasteiger partial charge >= 0.3 is 0 Å². The van der Waals surface area contributed by atoms with Crippen LogP contribution in [0.1, 0.15) is 5.56 Å². The summed E-state index contributed by atoms with van der Waals surface area (Å²) < 4.78 is 34.7. The van der Waals surface area contributed by atoms with Gasteiger partial charge in [0.05, 0.1) is 23.9 Å². The van der Waals surface area contributed by atoms with E-state index < -0.39 is 11.3 Å². The Labute approximate surface area is 146 Å². The number of fused-ring (bicyclic) bond motifs is 1. The Balaban J connectivity index is 1.96. The maximum atomic E-state index is 10.7. The summed E-state index contributed by atoms with van der Waals surface area (Å²) in [4.78, 5) is 4.28. The Bertz CT molecular complexity index is 1000. The first-order valence-corrected chi connectivity index (χ1v) is 8.19. The predicted octanol–water partition coefficient (Wildman–Crippen LogP) is 3.11. The van der Waals surface area contributed by atoms with Crippen LogP contribution in [0, 0.1) is 11.3 Å². The van der Waals surface area contributed by atoms with E-state index in [0.29, 0.717) is 22.8 Å². The number of rotatable bonds is 5. The van der Waals surface area contributed by atoms with Crippen LogP contribution in [0.4, 0.5) is 5.69 Å². The van der Waals surface area contributed by atoms with Crippen LogP contribution in [0.2, 0.25) is 0 Å². The highest BCUT2D eigenvalue weighted by Gasteiger charge is 2.09. The maximum absolute atomic E-state index is 10.7. The number of aromatic nitrogens is 1. The summed E-state index contributed by atoms with van der Waals surface area (Å²) in [5.74, 6) is 1.65. The predicted molar refractivity (Wildman–Crippen MR) is 92.1 cm³/mol. The van der Waals surface area contributed by atoms with Gasteiger partial charge in [0, 0.05) is 35.0 Å². The summed E-state index contributed by atoms with van der Waals surface area (Å²) in [5.41, 5.74) is 1.05. The Morgan fingerprint density at radius 3 is 2.72 bits per heavy atom. The van der Waals surface area contributed by atoms with Crippen molar-refractivity contribution in [3.63, 3.8) is 0 Å². The first kappa shape index (κ1) is 16.7. The van der Waals surface area contributed by atoms with Crippen LogP contribution in [0.3, 0.4) is 0 Å². The number of nitrogens with one attached hydrogen (secondary N) is 1. The first-order valence-electron chi connectivity index (χ1n) is 7.11. The molecule has 3 aromatic rings. The van der Waals surface area contributed by atoms with E-state index in [2.05, 4.69) is 9.71 Å². The standard InChI is InChI=1S/C17H13N3O4S/c1-23-12-2-4-14-16(9-12)19-7-6-17(14)24-13-3-5-15(20-25(21)22)11(8-13)10-18/h2-9,20H,1H3,(H,21,22)/p-1. The lowest BCUT2D eigenvalue weighted by Crippen LogP contribution is -2.04. The summed E-state index contributed by atoms with van der Waals surface area (Å²) in [7, 11) is 1.58. The van der Waals surface area contributed by atoms with Gasteiger partial charge in [-0.05, 0) is 30.3 Å². The third-order valence-corrected chi connectivity index (χ3v) is 3.83. The Hall–Kier alpha value is -3.15. The smallest absolute Gasteiger partial charge is 0.138 e. The highest BCUT2D eigenvalue weighted by Crippen LogP contribution is 2.32. The molecule has 0 bridgehead atoms. The minimum atomic E-state index is -2.51. The average Bonchev–Trinajstić information content (AvgIpc) is 2.62. The molecule has 1 atom stereocenters. The van der Waals surface area contributed by atoms with Crippen LogP contribution >= 0.6 is 0 Å². The summed E-state index contributed by atoms with van der Waals surface area (Å²) in [6, 6.07) is 13.6. The van der Waals surface area contributed by atoms with Gasteiger partial charge in [0.2, 0.25) is 0 Å². The fourth-order valence-electron chi connectivity index (χ4n) is 2.30. The summed E-state index contributed by atoms with van der Waals surface area (Å²) >= 11 is -2.51. The zero-order valence-corrected chi connectivity index (χ0v) is 13.9. The van der Waals surface area contributed by atoms with E-state index >= 15 is 0 Å². The molecule has 0 aliphatic rings. The van der Waals surface area contributed by atoms with E-state index in [4.69, 9.17) is 9.47 Å². The number of hydrogen-bond acceptors (Lipinski definition) is 6. The van der Waals surface area contributed by atoms with Gasteiger partial charge in [0.15, 0.2) is 0 Å². The highest BCUT2D eigenvalue weighted by atomic mass is 32.2. The van der Waals surface area contributed by atoms with Crippen LogP contribution in [0.5, 0.6) is 17.2 Å². The van der Waals surface area contributed by atoms with Crippen molar-refractivity contribution in [2.75, 3.05) is 11.8 Å². The number of benzene rings is 2. The SMILES string of the molecule is COc1ccc2c(Oc3ccc(NS(=O)[O-])c(C#N)c3)ccnc2c1. The molecule has 0 amide bonds. The van der Waals surface area contributed by atoms with Crippen molar-refractivity contribution in [3.8, 4) is 23.3 Å². The number of nitriles is 1. The molecule has 1 N–H and O–H groups in total. The monoisotopic (exact) mass is 354 g/mol. The van der Waals surface area contributed by atoms with Gasteiger partial charge in [0.25, 0.3) is 0 Å². The van der Waals surface area contributed by atoms with Crippen LogP contribution in [-0.2, 0) is 11.3 Å². The second-order valence-corrected chi connectivity index (χ2v) is 5.62. The molecule has 126 valence electrons. The van der Waals surface area contributed by atoms with E-state index in [-0.39, 0.29) is 11.3 Å². The van der Waals surface area contributed by atoms with Gasteiger partial charge in [-0.1, -0.05) is 0 Å². The molecule has 1 unspecified atom stereocenters. The van der Waals surface area contributed by atoms with Gasteiger partial charge in [-0.25, -0.2) is 0 Å². The number of ether oxygens (including phenoxy) is 2. The van der Waals surface area contributed by atoms with Crippen molar-refractivity contribution in [2.45, 2.75) is 0 Å². The quantitative estimate of drug-likeness (QED) is 0.705. The van der Waals surface area contributed by atoms with Crippen molar-refractivity contribution in [1.82, 2.24) is 4.98 Å². The summed E-state index contributed by atoms with van der Waals surface area (Å²) in [6.45, 7) is 0. The van der Waals surface area contributed by atoms with E-state index in [9.17, 15) is 14.0 Å². The zero-order valence-electron chi connectivity index (χ0n) is 13.1. The minimum Gasteiger partial charge on any atom is -0.755 e. The molecule has 0 saturated carbocycles. The lowest BCUT2D eigenvalue weighted by molar-refractivity contribution is 0.415. The minimum absolute atomic E-state index is 0.154. The molecule has 0 aliphatic carbocycles. The summed E-state index contributed by atoms with van der Waals surface area (Å²) in [6.07, 6.45) is 1.61. The maximum Gasteiger partial charge on any atom is 0.138 e. The van der Waals surface area contributed by atoms with Gasteiger partial charge in [-0.3, -0.25) is 9.19 Å². The van der Waals surface area contributed by atoms with E-state index in [1.165, 1.54) is 12.1 Å². The molecule has 0 fully saturated rings. The van der Waals surface area contributed by atoms with Crippen molar-refractivity contribution in [3.05, 3.63) is 54.2 Å². The Morgan fingerprint density at radius 1 is 1.20 bits per heavy atom. The Morgan fingerprint density at radius 2 is 2.00 bits per heavy atom. The van der Waals surface area contributed by atoms with Gasteiger partial charge in [0.1, 0.15) is 23.3 Å². The van der Waals surface area contributed by atoms with E-state index in [1.54, 1.807) is 37.6 Å². The van der Waals surface area contributed by atoms with E-state index in [1.807, 2.05) is 12.1 Å². The van der Waals surface area contributed by atoms with Crippen LogP contribution in [0.25, 0.3) is 10.9 Å². The normalized spacial score (nSPS) is 11.6. The average molecular weight is 354 g/mol. The second kappa shape index (κ2) is 7.17. The molecular formula is C17H12N3O4S-. The van der Waals surface area contributed by atoms with Crippen LogP contribution < -0.4 is 14.2 Å². The lowest BCUT2D eigenvalue weighted by Gasteiger charge is -2.13. The van der Waals surface area contributed by atoms with Crippen molar-refractivity contribution < 1.29 is 18.2 Å². The lowest BCUT2D eigenvalue weighted by atomic mass is 10.2. The number of methoxy groups -OCH3 is 1. The molecule has 8 heteroatoms. The van der Waals surface area contributed by atoms with Gasteiger partial charge in [-0.15, -0.1) is 0 Å². The molecule has 25 heavy (non-hydrogen) atoms. The third-order valence-electron chi connectivity index (χ3n) is 3.44. The molecule has 7 nitrogen and oxygen atoms in total.